The lowest BCUT2D eigenvalue weighted by Gasteiger charge is -2.26. The number of thioether (sulfide) groups is 1. The summed E-state index contributed by atoms with van der Waals surface area (Å²) >= 11 is 1.24. The van der Waals surface area contributed by atoms with Gasteiger partial charge in [0, 0.05) is 5.69 Å². The zero-order valence-electron chi connectivity index (χ0n) is 18.4. The molecule has 2 aromatic carbocycles. The highest BCUT2D eigenvalue weighted by Crippen LogP contribution is 2.27. The van der Waals surface area contributed by atoms with Gasteiger partial charge < -0.3 is 4.74 Å². The Bertz CT molecular complexity index is 1090. The normalized spacial score (nSPS) is 14.5. The van der Waals surface area contributed by atoms with Gasteiger partial charge in [-0.3, -0.25) is 14.3 Å². The quantitative estimate of drug-likeness (QED) is 0.318. The van der Waals surface area contributed by atoms with Crippen LogP contribution < -0.4 is 4.74 Å². The molecule has 0 saturated carbocycles. The summed E-state index contributed by atoms with van der Waals surface area (Å²) in [4.78, 5) is 15.3. The number of benzene rings is 2. The summed E-state index contributed by atoms with van der Waals surface area (Å²) in [6.45, 7) is 1.55. The van der Waals surface area contributed by atoms with Crippen LogP contribution in [0.4, 0.5) is 8.78 Å². The first-order valence-electron chi connectivity index (χ1n) is 10.9. The lowest BCUT2D eigenvalue weighted by molar-refractivity contribution is -0.0501. The van der Waals surface area contributed by atoms with E-state index in [0.29, 0.717) is 11.7 Å². The Morgan fingerprint density at radius 2 is 1.85 bits per heavy atom. The molecule has 0 bridgehead atoms. The standard InChI is InChI=1S/C24H26F2N4O2S/c1-17-10-11-21(32-23(25)26)19(14-17)20(31)16-33-24-28-27-22(15-29-12-6-3-7-13-29)30(24)18-8-4-2-5-9-18/h2,4-5,8-11,14,23H,3,6-7,12-13,15-16H2,1H3. The van der Waals surface area contributed by atoms with Crippen LogP contribution in [0.2, 0.25) is 0 Å². The summed E-state index contributed by atoms with van der Waals surface area (Å²) in [5.41, 5.74) is 1.85. The van der Waals surface area contributed by atoms with E-state index < -0.39 is 6.61 Å². The average Bonchev–Trinajstić information content (AvgIpc) is 3.22. The minimum absolute atomic E-state index is 0.0255. The van der Waals surface area contributed by atoms with E-state index in [9.17, 15) is 13.6 Å². The third-order valence-electron chi connectivity index (χ3n) is 5.51. The molecule has 2 heterocycles. The number of hydrogen-bond acceptors (Lipinski definition) is 6. The molecule has 0 N–H and O–H groups in total. The van der Waals surface area contributed by atoms with Crippen molar-refractivity contribution in [2.45, 2.75) is 44.5 Å². The zero-order chi connectivity index (χ0) is 23.2. The number of ketones is 1. The maximum atomic E-state index is 12.9. The minimum atomic E-state index is -2.99. The Labute approximate surface area is 196 Å². The molecule has 0 amide bonds. The van der Waals surface area contributed by atoms with E-state index in [1.54, 1.807) is 19.1 Å². The van der Waals surface area contributed by atoms with Crippen molar-refractivity contribution in [3.8, 4) is 11.4 Å². The van der Waals surface area contributed by atoms with Gasteiger partial charge >= 0.3 is 6.61 Å². The van der Waals surface area contributed by atoms with Gasteiger partial charge in [0.05, 0.1) is 17.9 Å². The molecule has 0 spiro atoms. The van der Waals surface area contributed by atoms with Crippen LogP contribution in [0.1, 0.15) is 41.0 Å². The molecule has 0 atom stereocenters. The molecule has 33 heavy (non-hydrogen) atoms. The van der Waals surface area contributed by atoms with Gasteiger partial charge in [0.25, 0.3) is 0 Å². The molecule has 4 rings (SSSR count). The molecular weight excluding hydrogens is 446 g/mol. The first kappa shape index (κ1) is 23.4. The molecule has 1 fully saturated rings. The predicted octanol–water partition coefficient (Wildman–Crippen LogP) is 5.14. The van der Waals surface area contributed by atoms with Crippen LogP contribution in [0.25, 0.3) is 5.69 Å². The Hall–Kier alpha value is -2.78. The van der Waals surface area contributed by atoms with E-state index >= 15 is 0 Å². The Morgan fingerprint density at radius 3 is 2.58 bits per heavy atom. The second-order valence-corrected chi connectivity index (χ2v) is 8.94. The predicted molar refractivity (Wildman–Crippen MR) is 123 cm³/mol. The lowest BCUT2D eigenvalue weighted by Crippen LogP contribution is -2.30. The number of aryl methyl sites for hydroxylation is 1. The fourth-order valence-corrected chi connectivity index (χ4v) is 4.77. The second-order valence-electron chi connectivity index (χ2n) is 8.00. The van der Waals surface area contributed by atoms with Crippen LogP contribution in [0.3, 0.4) is 0 Å². The van der Waals surface area contributed by atoms with Crippen LogP contribution in [-0.2, 0) is 6.54 Å². The number of Topliss-reactive ketones (excluding diaryl/α,β-unsaturated/α-hetero) is 1. The van der Waals surface area contributed by atoms with Gasteiger partial charge in [-0.25, -0.2) is 0 Å². The van der Waals surface area contributed by atoms with Crippen molar-refractivity contribution in [2.24, 2.45) is 0 Å². The van der Waals surface area contributed by atoms with Crippen LogP contribution >= 0.6 is 11.8 Å². The van der Waals surface area contributed by atoms with E-state index in [1.165, 1.54) is 37.1 Å². The number of para-hydroxylation sites is 1. The largest absolute Gasteiger partial charge is 0.434 e. The van der Waals surface area contributed by atoms with Crippen LogP contribution in [0.5, 0.6) is 5.75 Å². The van der Waals surface area contributed by atoms with E-state index in [-0.39, 0.29) is 22.8 Å². The number of likely N-dealkylation sites (tertiary alicyclic amines) is 1. The molecule has 1 aliphatic heterocycles. The van der Waals surface area contributed by atoms with Crippen LogP contribution in [0.15, 0.2) is 53.7 Å². The van der Waals surface area contributed by atoms with Gasteiger partial charge in [0.2, 0.25) is 0 Å². The van der Waals surface area contributed by atoms with Gasteiger partial charge in [-0.2, -0.15) is 8.78 Å². The number of carbonyl (C=O) groups is 1. The zero-order valence-corrected chi connectivity index (χ0v) is 19.2. The van der Waals surface area contributed by atoms with Crippen molar-refractivity contribution in [2.75, 3.05) is 18.8 Å². The lowest BCUT2D eigenvalue weighted by atomic mass is 10.1. The second kappa shape index (κ2) is 10.9. The Kier molecular flexibility index (Phi) is 7.72. The van der Waals surface area contributed by atoms with E-state index in [1.807, 2.05) is 34.9 Å². The van der Waals surface area contributed by atoms with Crippen molar-refractivity contribution < 1.29 is 18.3 Å². The molecule has 0 aliphatic carbocycles. The Balaban J connectivity index is 1.56. The molecule has 0 radical (unpaired) electrons. The third-order valence-corrected chi connectivity index (χ3v) is 6.44. The highest BCUT2D eigenvalue weighted by molar-refractivity contribution is 7.99. The summed E-state index contributed by atoms with van der Waals surface area (Å²) in [6, 6.07) is 14.4. The number of rotatable bonds is 9. The topological polar surface area (TPSA) is 60.2 Å². The third kappa shape index (κ3) is 5.97. The fraction of sp³-hybridized carbons (Fsp3) is 0.375. The molecule has 9 heteroatoms. The van der Waals surface area contributed by atoms with Crippen molar-refractivity contribution in [1.82, 2.24) is 19.7 Å². The summed E-state index contributed by atoms with van der Waals surface area (Å²) in [6.07, 6.45) is 3.60. The van der Waals surface area contributed by atoms with Gasteiger partial charge in [0.1, 0.15) is 5.75 Å². The molecule has 3 aromatic rings. The minimum Gasteiger partial charge on any atom is -0.434 e. The highest BCUT2D eigenvalue weighted by atomic mass is 32.2. The molecule has 174 valence electrons. The number of alkyl halides is 2. The van der Waals surface area contributed by atoms with E-state index in [2.05, 4.69) is 19.8 Å². The first-order chi connectivity index (χ1) is 16.0. The smallest absolute Gasteiger partial charge is 0.387 e. The average molecular weight is 473 g/mol. The molecule has 1 aliphatic rings. The molecule has 1 saturated heterocycles. The molecule has 0 unspecified atom stereocenters. The number of nitrogens with zero attached hydrogens (tertiary/aromatic N) is 4. The maximum Gasteiger partial charge on any atom is 0.387 e. The summed E-state index contributed by atoms with van der Waals surface area (Å²) < 4.78 is 32.1. The van der Waals surface area contributed by atoms with Crippen molar-refractivity contribution in [3.63, 3.8) is 0 Å². The molecule has 6 nitrogen and oxygen atoms in total. The number of ether oxygens (including phenoxy) is 1. The maximum absolute atomic E-state index is 12.9. The SMILES string of the molecule is Cc1ccc(OC(F)F)c(C(=O)CSc2nnc(CN3CCCCC3)n2-c2ccccc2)c1. The van der Waals surface area contributed by atoms with Gasteiger partial charge in [0.15, 0.2) is 16.8 Å². The summed E-state index contributed by atoms with van der Waals surface area (Å²) in [5.74, 6) is 0.420. The Morgan fingerprint density at radius 1 is 1.09 bits per heavy atom. The first-order valence-corrected chi connectivity index (χ1v) is 11.9. The molecule has 1 aromatic heterocycles. The van der Waals surface area contributed by atoms with Gasteiger partial charge in [-0.15, -0.1) is 10.2 Å². The van der Waals surface area contributed by atoms with Crippen LogP contribution in [0, 0.1) is 6.92 Å². The number of halogens is 2. The number of aromatic nitrogens is 3. The number of carbonyl (C=O) groups excluding carboxylic acids is 1. The summed E-state index contributed by atoms with van der Waals surface area (Å²) in [7, 11) is 0. The molecular formula is C24H26F2N4O2S. The number of hydrogen-bond donors (Lipinski definition) is 0. The van der Waals surface area contributed by atoms with E-state index in [4.69, 9.17) is 0 Å². The van der Waals surface area contributed by atoms with Crippen molar-refractivity contribution >= 4 is 17.5 Å². The monoisotopic (exact) mass is 472 g/mol. The summed E-state index contributed by atoms with van der Waals surface area (Å²) in [5, 5.41) is 9.37. The fourth-order valence-electron chi connectivity index (χ4n) is 3.92. The van der Waals surface area contributed by atoms with Crippen LogP contribution in [-0.4, -0.2) is 50.9 Å². The van der Waals surface area contributed by atoms with E-state index in [0.717, 1.165) is 30.2 Å². The van der Waals surface area contributed by atoms with Gasteiger partial charge in [-0.05, 0) is 57.1 Å². The van der Waals surface area contributed by atoms with Gasteiger partial charge in [-0.1, -0.05) is 48.0 Å². The van der Waals surface area contributed by atoms with Crippen molar-refractivity contribution in [3.05, 3.63) is 65.5 Å². The highest BCUT2D eigenvalue weighted by Gasteiger charge is 2.21. The van der Waals surface area contributed by atoms with Crippen molar-refractivity contribution in [1.29, 1.82) is 0 Å². The number of piperidine rings is 1.